The second-order valence-electron chi connectivity index (χ2n) is 6.03. The van der Waals surface area contributed by atoms with Crippen molar-refractivity contribution in [2.24, 2.45) is 7.05 Å². The van der Waals surface area contributed by atoms with Crippen LogP contribution >= 0.6 is 0 Å². The molecule has 4 rings (SSSR count). The Morgan fingerprint density at radius 2 is 2.12 bits per heavy atom. The first kappa shape index (κ1) is 16.1. The van der Waals surface area contributed by atoms with Gasteiger partial charge in [-0.1, -0.05) is 12.1 Å². The second-order valence-corrected chi connectivity index (χ2v) is 6.03. The van der Waals surface area contributed by atoms with Gasteiger partial charge in [-0.2, -0.15) is 10.2 Å². The maximum absolute atomic E-state index is 5.27. The van der Waals surface area contributed by atoms with Crippen molar-refractivity contribution in [3.05, 3.63) is 54.2 Å². The highest BCUT2D eigenvalue weighted by Crippen LogP contribution is 2.24. The Morgan fingerprint density at radius 1 is 1.23 bits per heavy atom. The highest BCUT2D eigenvalue weighted by molar-refractivity contribution is 5.88. The third-order valence-electron chi connectivity index (χ3n) is 4.16. The molecule has 0 amide bonds. The molecule has 0 unspecified atom stereocenters. The zero-order chi connectivity index (χ0) is 18.1. The first-order valence-corrected chi connectivity index (χ1v) is 8.21. The van der Waals surface area contributed by atoms with Crippen molar-refractivity contribution in [2.45, 2.75) is 13.5 Å². The van der Waals surface area contributed by atoms with Crippen molar-refractivity contribution in [1.29, 1.82) is 0 Å². The van der Waals surface area contributed by atoms with E-state index in [2.05, 4.69) is 25.5 Å². The van der Waals surface area contributed by atoms with Gasteiger partial charge in [-0.25, -0.2) is 9.97 Å². The van der Waals surface area contributed by atoms with Crippen molar-refractivity contribution < 1.29 is 4.74 Å². The summed E-state index contributed by atoms with van der Waals surface area (Å²) in [4.78, 5) is 8.67. The summed E-state index contributed by atoms with van der Waals surface area (Å²) in [6, 6.07) is 7.94. The molecule has 0 bridgehead atoms. The van der Waals surface area contributed by atoms with Gasteiger partial charge in [-0.05, 0) is 24.6 Å². The van der Waals surface area contributed by atoms with Crippen LogP contribution in [0.4, 0.5) is 11.5 Å². The van der Waals surface area contributed by atoms with Crippen LogP contribution in [0.1, 0.15) is 11.3 Å². The topological polar surface area (TPSA) is 82.7 Å². The van der Waals surface area contributed by atoms with Crippen LogP contribution in [0.5, 0.6) is 5.75 Å². The number of benzene rings is 1. The summed E-state index contributed by atoms with van der Waals surface area (Å²) in [5, 5.41) is 12.1. The molecule has 0 saturated carbocycles. The summed E-state index contributed by atoms with van der Waals surface area (Å²) in [5.41, 5.74) is 4.55. The minimum absolute atomic E-state index is 0.656. The molecular weight excluding hydrogens is 330 g/mol. The minimum atomic E-state index is 0.656. The van der Waals surface area contributed by atoms with Crippen LogP contribution < -0.4 is 10.1 Å². The van der Waals surface area contributed by atoms with E-state index in [1.165, 1.54) is 0 Å². The standard InChI is InChI=1S/C18H19N7O/c1-12-16-17(24(2)23-12)18(20-11-19-16)22-14-8-21-25(10-14)9-13-5-4-6-15(7-13)26-3/h4-8,10-11H,9H2,1-3H3,(H,19,20,22). The van der Waals surface area contributed by atoms with Crippen LogP contribution in [0, 0.1) is 6.92 Å². The third-order valence-corrected chi connectivity index (χ3v) is 4.16. The predicted molar refractivity (Wildman–Crippen MR) is 98.6 cm³/mol. The lowest BCUT2D eigenvalue weighted by atomic mass is 10.2. The van der Waals surface area contributed by atoms with Crippen molar-refractivity contribution in [2.75, 3.05) is 12.4 Å². The fraction of sp³-hybridized carbons (Fsp3) is 0.222. The lowest BCUT2D eigenvalue weighted by Crippen LogP contribution is -2.01. The zero-order valence-corrected chi connectivity index (χ0v) is 14.8. The van der Waals surface area contributed by atoms with E-state index < -0.39 is 0 Å². The van der Waals surface area contributed by atoms with Gasteiger partial charge in [0.25, 0.3) is 0 Å². The summed E-state index contributed by atoms with van der Waals surface area (Å²) in [7, 11) is 3.55. The van der Waals surface area contributed by atoms with E-state index in [1.54, 1.807) is 24.3 Å². The highest BCUT2D eigenvalue weighted by atomic mass is 16.5. The third kappa shape index (κ3) is 2.97. The number of rotatable bonds is 5. The largest absolute Gasteiger partial charge is 0.497 e. The number of nitrogens with zero attached hydrogens (tertiary/aromatic N) is 6. The lowest BCUT2D eigenvalue weighted by molar-refractivity contribution is 0.414. The van der Waals surface area contributed by atoms with Gasteiger partial charge in [0.1, 0.15) is 23.1 Å². The molecule has 0 aliphatic carbocycles. The minimum Gasteiger partial charge on any atom is -0.497 e. The van der Waals surface area contributed by atoms with Crippen LogP contribution in [0.25, 0.3) is 11.0 Å². The number of hydrogen-bond donors (Lipinski definition) is 1. The van der Waals surface area contributed by atoms with Crippen LogP contribution in [-0.4, -0.2) is 36.6 Å². The van der Waals surface area contributed by atoms with Gasteiger partial charge >= 0.3 is 0 Å². The normalized spacial score (nSPS) is 11.0. The first-order chi connectivity index (χ1) is 12.6. The van der Waals surface area contributed by atoms with Gasteiger partial charge in [0, 0.05) is 13.2 Å². The summed E-state index contributed by atoms with van der Waals surface area (Å²) >= 11 is 0. The fourth-order valence-corrected chi connectivity index (χ4v) is 2.97. The molecule has 0 atom stereocenters. The molecule has 132 valence electrons. The SMILES string of the molecule is COc1cccc(Cn2cc(Nc3ncnc4c(C)nn(C)c34)cn2)c1. The molecule has 0 fully saturated rings. The van der Waals surface area contributed by atoms with Crippen molar-refractivity contribution in [1.82, 2.24) is 29.5 Å². The van der Waals surface area contributed by atoms with Crippen LogP contribution in [-0.2, 0) is 13.6 Å². The van der Waals surface area contributed by atoms with Crippen molar-refractivity contribution in [3.8, 4) is 5.75 Å². The fourth-order valence-electron chi connectivity index (χ4n) is 2.97. The molecule has 1 aromatic carbocycles. The van der Waals surface area contributed by atoms with Crippen LogP contribution in [0.3, 0.4) is 0 Å². The Morgan fingerprint density at radius 3 is 2.96 bits per heavy atom. The number of aromatic nitrogens is 6. The van der Waals surface area contributed by atoms with Gasteiger partial charge in [0.15, 0.2) is 5.82 Å². The van der Waals surface area contributed by atoms with Gasteiger partial charge in [0.05, 0.1) is 31.2 Å². The maximum atomic E-state index is 5.27. The number of aryl methyl sites for hydroxylation is 2. The van der Waals surface area contributed by atoms with Gasteiger partial charge in [0.2, 0.25) is 0 Å². The zero-order valence-electron chi connectivity index (χ0n) is 14.8. The molecule has 8 nitrogen and oxygen atoms in total. The van der Waals surface area contributed by atoms with E-state index >= 15 is 0 Å². The summed E-state index contributed by atoms with van der Waals surface area (Å²) in [6.07, 6.45) is 5.26. The smallest absolute Gasteiger partial charge is 0.160 e. The molecule has 8 heteroatoms. The molecule has 3 aromatic heterocycles. The quantitative estimate of drug-likeness (QED) is 0.596. The van der Waals surface area contributed by atoms with Gasteiger partial charge in [-0.15, -0.1) is 0 Å². The van der Waals surface area contributed by atoms with Crippen LogP contribution in [0.15, 0.2) is 43.0 Å². The van der Waals surface area contributed by atoms with Crippen molar-refractivity contribution in [3.63, 3.8) is 0 Å². The molecular formula is C18H19N7O. The molecule has 1 N–H and O–H groups in total. The van der Waals surface area contributed by atoms with E-state index in [1.807, 2.05) is 49.1 Å². The maximum Gasteiger partial charge on any atom is 0.160 e. The van der Waals surface area contributed by atoms with Gasteiger partial charge in [-0.3, -0.25) is 9.36 Å². The summed E-state index contributed by atoms with van der Waals surface area (Å²) in [5.74, 6) is 1.54. The Balaban J connectivity index is 1.57. The van der Waals surface area contributed by atoms with Crippen molar-refractivity contribution >= 4 is 22.5 Å². The number of methoxy groups -OCH3 is 1. The molecule has 0 aliphatic heterocycles. The molecule has 4 aromatic rings. The Hall–Kier alpha value is -3.42. The molecule has 3 heterocycles. The molecule has 26 heavy (non-hydrogen) atoms. The number of anilines is 2. The first-order valence-electron chi connectivity index (χ1n) is 8.21. The molecule has 0 radical (unpaired) electrons. The summed E-state index contributed by atoms with van der Waals surface area (Å²) in [6.45, 7) is 2.59. The average Bonchev–Trinajstić information content (AvgIpc) is 3.20. The monoisotopic (exact) mass is 349 g/mol. The molecule has 0 saturated heterocycles. The Labute approximate surface area is 150 Å². The number of ether oxygens (including phenoxy) is 1. The highest BCUT2D eigenvalue weighted by Gasteiger charge is 2.12. The number of nitrogens with one attached hydrogen (secondary N) is 1. The van der Waals surface area contributed by atoms with Crippen LogP contribution in [0.2, 0.25) is 0 Å². The molecule has 0 aliphatic rings. The number of hydrogen-bond acceptors (Lipinski definition) is 6. The number of fused-ring (bicyclic) bond motifs is 1. The Kier molecular flexibility index (Phi) is 4.00. The van der Waals surface area contributed by atoms with E-state index in [0.717, 1.165) is 33.7 Å². The summed E-state index contributed by atoms with van der Waals surface area (Å²) < 4.78 is 8.92. The second kappa shape index (κ2) is 6.47. The lowest BCUT2D eigenvalue weighted by Gasteiger charge is -2.06. The average molecular weight is 349 g/mol. The predicted octanol–water partition coefficient (Wildman–Crippen LogP) is 2.67. The Bertz CT molecular complexity index is 1070. The van der Waals surface area contributed by atoms with Gasteiger partial charge < -0.3 is 10.1 Å². The van der Waals surface area contributed by atoms with E-state index in [9.17, 15) is 0 Å². The molecule has 0 spiro atoms. The van der Waals surface area contributed by atoms with E-state index in [4.69, 9.17) is 4.74 Å². The van der Waals surface area contributed by atoms with E-state index in [0.29, 0.717) is 12.4 Å². The van der Waals surface area contributed by atoms with E-state index in [-0.39, 0.29) is 0 Å².